The molecule has 2 heterocycles. The lowest BCUT2D eigenvalue weighted by Gasteiger charge is -2.17. The molecule has 1 aliphatic rings. The molecule has 6 nitrogen and oxygen atoms in total. The molecule has 3 rings (SSSR count). The van der Waals surface area contributed by atoms with E-state index < -0.39 is 0 Å². The number of imidazole rings is 1. The lowest BCUT2D eigenvalue weighted by Crippen LogP contribution is -2.29. The molecule has 0 fully saturated rings. The zero-order chi connectivity index (χ0) is 20.3. The minimum atomic E-state index is -0.251. The Morgan fingerprint density at radius 1 is 1.18 bits per heavy atom. The summed E-state index contributed by atoms with van der Waals surface area (Å²) >= 11 is 0. The van der Waals surface area contributed by atoms with E-state index >= 15 is 0 Å². The molecule has 150 valence electrons. The van der Waals surface area contributed by atoms with Crippen LogP contribution < -0.4 is 10.6 Å². The molecule has 0 aliphatic carbocycles. The van der Waals surface area contributed by atoms with E-state index in [1.54, 1.807) is 0 Å². The maximum atomic E-state index is 12.9. The number of aryl methyl sites for hydroxylation is 2. The molecule has 28 heavy (non-hydrogen) atoms. The van der Waals surface area contributed by atoms with Crippen molar-refractivity contribution >= 4 is 17.5 Å². The van der Waals surface area contributed by atoms with Crippen LogP contribution >= 0.6 is 0 Å². The van der Waals surface area contributed by atoms with Crippen LogP contribution in [0.25, 0.3) is 0 Å². The van der Waals surface area contributed by atoms with Crippen LogP contribution in [0.1, 0.15) is 71.0 Å². The highest BCUT2D eigenvalue weighted by molar-refractivity contribution is 6.05. The Bertz CT molecular complexity index is 883. The van der Waals surface area contributed by atoms with Crippen molar-refractivity contribution in [3.05, 3.63) is 46.5 Å². The van der Waals surface area contributed by atoms with Gasteiger partial charge in [-0.05, 0) is 57.1 Å². The van der Waals surface area contributed by atoms with Gasteiger partial charge in [0.15, 0.2) is 11.5 Å². The lowest BCUT2D eigenvalue weighted by molar-refractivity contribution is 0.0936. The molecule has 0 atom stereocenters. The SMILES string of the molecule is Cc1ccc(NC(=O)c2nc(C(=O)NCCC(C)C)n3c2CCCC3)c(C)c1. The summed E-state index contributed by atoms with van der Waals surface area (Å²) in [5.41, 5.74) is 4.16. The number of benzene rings is 1. The summed E-state index contributed by atoms with van der Waals surface area (Å²) in [5, 5.41) is 5.91. The molecule has 2 N–H and O–H groups in total. The maximum Gasteiger partial charge on any atom is 0.287 e. The first-order valence-electron chi connectivity index (χ1n) is 10.1. The smallest absolute Gasteiger partial charge is 0.287 e. The van der Waals surface area contributed by atoms with Crippen LogP contribution in [0.4, 0.5) is 5.69 Å². The second-order valence-electron chi connectivity index (χ2n) is 8.05. The minimum absolute atomic E-state index is 0.200. The Kier molecular flexibility index (Phi) is 6.17. The van der Waals surface area contributed by atoms with Gasteiger partial charge in [0.25, 0.3) is 11.8 Å². The van der Waals surface area contributed by atoms with Crippen LogP contribution in [-0.4, -0.2) is 27.9 Å². The van der Waals surface area contributed by atoms with Crippen LogP contribution in [0.5, 0.6) is 0 Å². The zero-order valence-corrected chi connectivity index (χ0v) is 17.3. The van der Waals surface area contributed by atoms with Gasteiger partial charge >= 0.3 is 0 Å². The molecule has 0 saturated heterocycles. The van der Waals surface area contributed by atoms with E-state index in [-0.39, 0.29) is 11.8 Å². The number of aromatic nitrogens is 2. The standard InChI is InChI=1S/C22H30N4O2/c1-14(2)10-11-23-22(28)20-25-19(18-7-5-6-12-26(18)20)21(27)24-17-9-8-15(3)13-16(17)4/h8-9,13-14H,5-7,10-12H2,1-4H3,(H,23,28)(H,24,27). The number of nitrogens with zero attached hydrogens (tertiary/aromatic N) is 2. The molecule has 6 heteroatoms. The van der Waals surface area contributed by atoms with Crippen molar-refractivity contribution in [2.75, 3.05) is 11.9 Å². The molecule has 0 unspecified atom stereocenters. The highest BCUT2D eigenvalue weighted by atomic mass is 16.2. The molecule has 0 bridgehead atoms. The maximum absolute atomic E-state index is 12.9. The van der Waals surface area contributed by atoms with Crippen molar-refractivity contribution in [1.29, 1.82) is 0 Å². The number of amides is 2. The fraction of sp³-hybridized carbons (Fsp3) is 0.500. The van der Waals surface area contributed by atoms with Gasteiger partial charge in [-0.3, -0.25) is 9.59 Å². The van der Waals surface area contributed by atoms with Crippen LogP contribution in [0.3, 0.4) is 0 Å². The molecular formula is C22H30N4O2. The normalized spacial score (nSPS) is 13.3. The first-order valence-corrected chi connectivity index (χ1v) is 10.1. The molecule has 2 aromatic rings. The van der Waals surface area contributed by atoms with Gasteiger partial charge in [0, 0.05) is 18.8 Å². The molecule has 2 amide bonds. The van der Waals surface area contributed by atoms with Gasteiger partial charge < -0.3 is 15.2 Å². The number of nitrogens with one attached hydrogen (secondary N) is 2. The van der Waals surface area contributed by atoms with Crippen molar-refractivity contribution in [3.8, 4) is 0 Å². The fourth-order valence-electron chi connectivity index (χ4n) is 3.59. The Balaban J connectivity index is 1.83. The predicted molar refractivity (Wildman–Crippen MR) is 111 cm³/mol. The summed E-state index contributed by atoms with van der Waals surface area (Å²) < 4.78 is 1.92. The molecule has 1 aliphatic heterocycles. The molecule has 0 saturated carbocycles. The van der Waals surface area contributed by atoms with Crippen LogP contribution in [0, 0.1) is 19.8 Å². The van der Waals surface area contributed by atoms with Crippen LogP contribution in [0.2, 0.25) is 0 Å². The topological polar surface area (TPSA) is 76.0 Å². The summed E-state index contributed by atoms with van der Waals surface area (Å²) in [5.74, 6) is 0.422. The van der Waals surface area contributed by atoms with Gasteiger partial charge in [-0.1, -0.05) is 31.5 Å². The molecule has 0 spiro atoms. The average molecular weight is 383 g/mol. The van der Waals surface area contributed by atoms with E-state index in [1.165, 1.54) is 0 Å². The summed E-state index contributed by atoms with van der Waals surface area (Å²) in [6.07, 6.45) is 3.68. The van der Waals surface area contributed by atoms with Crippen molar-refractivity contribution in [1.82, 2.24) is 14.9 Å². The van der Waals surface area contributed by atoms with E-state index in [9.17, 15) is 9.59 Å². The predicted octanol–water partition coefficient (Wildman–Crippen LogP) is 3.86. The summed E-state index contributed by atoms with van der Waals surface area (Å²) in [6, 6.07) is 5.91. The molecule has 1 aromatic heterocycles. The van der Waals surface area contributed by atoms with E-state index in [0.717, 1.165) is 54.7 Å². The molecule has 0 radical (unpaired) electrons. The van der Waals surface area contributed by atoms with Crippen molar-refractivity contribution in [2.45, 2.75) is 59.9 Å². The highest BCUT2D eigenvalue weighted by Crippen LogP contribution is 2.23. The Hall–Kier alpha value is -2.63. The van der Waals surface area contributed by atoms with Gasteiger partial charge in [-0.25, -0.2) is 4.98 Å². The average Bonchev–Trinajstić information content (AvgIpc) is 3.03. The fourth-order valence-corrected chi connectivity index (χ4v) is 3.59. The van der Waals surface area contributed by atoms with E-state index in [4.69, 9.17) is 0 Å². The largest absolute Gasteiger partial charge is 0.349 e. The van der Waals surface area contributed by atoms with Gasteiger partial charge in [-0.2, -0.15) is 0 Å². The Morgan fingerprint density at radius 2 is 1.96 bits per heavy atom. The van der Waals surface area contributed by atoms with Gasteiger partial charge in [0.05, 0.1) is 5.69 Å². The molecular weight excluding hydrogens is 352 g/mol. The second-order valence-corrected chi connectivity index (χ2v) is 8.05. The van der Waals surface area contributed by atoms with E-state index in [0.29, 0.717) is 24.0 Å². The lowest BCUT2D eigenvalue weighted by atomic mass is 10.1. The number of anilines is 1. The first-order chi connectivity index (χ1) is 13.4. The monoisotopic (exact) mass is 382 g/mol. The number of fused-ring (bicyclic) bond motifs is 1. The number of carbonyl (C=O) groups excluding carboxylic acids is 2. The van der Waals surface area contributed by atoms with Crippen molar-refractivity contribution in [3.63, 3.8) is 0 Å². The third-order valence-corrected chi connectivity index (χ3v) is 5.17. The van der Waals surface area contributed by atoms with Crippen LogP contribution in [-0.2, 0) is 13.0 Å². The Morgan fingerprint density at radius 3 is 2.68 bits per heavy atom. The van der Waals surface area contributed by atoms with Gasteiger partial charge in [-0.15, -0.1) is 0 Å². The summed E-state index contributed by atoms with van der Waals surface area (Å²) in [4.78, 5) is 30.1. The zero-order valence-electron chi connectivity index (χ0n) is 17.3. The number of hydrogen-bond acceptors (Lipinski definition) is 3. The number of hydrogen-bond donors (Lipinski definition) is 2. The Labute approximate surface area is 166 Å². The number of carbonyl (C=O) groups is 2. The van der Waals surface area contributed by atoms with E-state index in [2.05, 4.69) is 29.5 Å². The summed E-state index contributed by atoms with van der Waals surface area (Å²) in [7, 11) is 0. The van der Waals surface area contributed by atoms with Gasteiger partial charge in [0.2, 0.25) is 0 Å². The third-order valence-electron chi connectivity index (χ3n) is 5.17. The minimum Gasteiger partial charge on any atom is -0.349 e. The molecule has 1 aromatic carbocycles. The van der Waals surface area contributed by atoms with Crippen molar-refractivity contribution < 1.29 is 9.59 Å². The third kappa shape index (κ3) is 4.43. The van der Waals surface area contributed by atoms with E-state index in [1.807, 2.05) is 36.6 Å². The van der Waals surface area contributed by atoms with Crippen LogP contribution in [0.15, 0.2) is 18.2 Å². The first kappa shape index (κ1) is 20.1. The van der Waals surface area contributed by atoms with Crippen molar-refractivity contribution in [2.24, 2.45) is 5.92 Å². The second kappa shape index (κ2) is 8.59. The quantitative estimate of drug-likeness (QED) is 0.796. The highest BCUT2D eigenvalue weighted by Gasteiger charge is 2.27. The number of rotatable bonds is 6. The summed E-state index contributed by atoms with van der Waals surface area (Å²) in [6.45, 7) is 9.58. The van der Waals surface area contributed by atoms with Gasteiger partial charge in [0.1, 0.15) is 0 Å².